The third kappa shape index (κ3) is 4.20. The fourth-order valence-corrected chi connectivity index (χ4v) is 2.36. The molecule has 0 amide bonds. The minimum absolute atomic E-state index is 0.0485. The van der Waals surface area contributed by atoms with Crippen molar-refractivity contribution in [2.24, 2.45) is 5.73 Å². The first-order valence-electron chi connectivity index (χ1n) is 7.44. The lowest BCUT2D eigenvalue weighted by atomic mass is 10.2. The second-order valence-electron chi connectivity index (χ2n) is 5.09. The number of nitrogens with two attached hydrogens (primary N) is 1. The molecule has 0 aliphatic heterocycles. The Bertz CT molecular complexity index is 604. The number of pyridine rings is 1. The van der Waals surface area contributed by atoms with Gasteiger partial charge in [0, 0.05) is 44.1 Å². The van der Waals surface area contributed by atoms with Crippen molar-refractivity contribution >= 4 is 5.69 Å². The van der Waals surface area contributed by atoms with Crippen LogP contribution in [0.4, 0.5) is 5.69 Å². The van der Waals surface area contributed by atoms with Crippen LogP contribution in [-0.2, 0) is 13.1 Å². The summed E-state index contributed by atoms with van der Waals surface area (Å²) in [6, 6.07) is 13.6. The fourth-order valence-electron chi connectivity index (χ4n) is 2.36. The van der Waals surface area contributed by atoms with Crippen LogP contribution in [0.3, 0.4) is 0 Å². The zero-order valence-electron chi connectivity index (χ0n) is 12.5. The Balaban J connectivity index is 2.08. The van der Waals surface area contributed by atoms with E-state index in [0.29, 0.717) is 13.1 Å². The van der Waals surface area contributed by atoms with Crippen molar-refractivity contribution in [2.45, 2.75) is 26.4 Å². The summed E-state index contributed by atoms with van der Waals surface area (Å²) in [5, 5.41) is 0. The van der Waals surface area contributed by atoms with Gasteiger partial charge in [-0.15, -0.1) is 0 Å². The van der Waals surface area contributed by atoms with Crippen molar-refractivity contribution in [3.8, 4) is 0 Å². The smallest absolute Gasteiger partial charge is 0.250 e. The topological polar surface area (TPSA) is 51.3 Å². The molecule has 0 aliphatic rings. The maximum atomic E-state index is 11.7. The van der Waals surface area contributed by atoms with Crippen molar-refractivity contribution < 1.29 is 0 Å². The molecule has 0 fully saturated rings. The minimum Gasteiger partial charge on any atom is -0.370 e. The number of hydrogen-bond acceptors (Lipinski definition) is 3. The van der Waals surface area contributed by atoms with Gasteiger partial charge in [0.25, 0.3) is 5.56 Å². The number of benzene rings is 1. The first-order valence-corrected chi connectivity index (χ1v) is 7.44. The summed E-state index contributed by atoms with van der Waals surface area (Å²) in [7, 11) is 0. The van der Waals surface area contributed by atoms with E-state index in [2.05, 4.69) is 36.1 Å². The Hall–Kier alpha value is -2.07. The Labute approximate surface area is 125 Å². The van der Waals surface area contributed by atoms with Crippen LogP contribution in [0, 0.1) is 0 Å². The Morgan fingerprint density at radius 2 is 1.86 bits per heavy atom. The highest BCUT2D eigenvalue weighted by atomic mass is 16.1. The van der Waals surface area contributed by atoms with Gasteiger partial charge in [0.2, 0.25) is 0 Å². The van der Waals surface area contributed by atoms with E-state index in [9.17, 15) is 4.79 Å². The molecule has 0 saturated heterocycles. The fraction of sp³-hybridized carbons (Fsp3) is 0.353. The maximum Gasteiger partial charge on any atom is 0.250 e. The number of nitrogens with zero attached hydrogens (tertiary/aromatic N) is 2. The van der Waals surface area contributed by atoms with Crippen molar-refractivity contribution in [2.75, 3.05) is 18.0 Å². The number of hydrogen-bond donors (Lipinski definition) is 1. The van der Waals surface area contributed by atoms with Gasteiger partial charge < -0.3 is 15.2 Å². The summed E-state index contributed by atoms with van der Waals surface area (Å²) in [4.78, 5) is 14.0. The van der Waals surface area contributed by atoms with Crippen LogP contribution in [0.1, 0.15) is 18.9 Å². The van der Waals surface area contributed by atoms with Crippen molar-refractivity contribution in [3.63, 3.8) is 0 Å². The number of rotatable bonds is 7. The van der Waals surface area contributed by atoms with Crippen LogP contribution in [-0.4, -0.2) is 17.7 Å². The standard InChI is InChI=1S/C17H23N3O/c1-2-10-19(16-8-6-15(14-18)7-9-16)12-13-20-11-4-3-5-17(20)21/h3-9,11H,2,10,12-14,18H2,1H3. The molecule has 2 aromatic rings. The van der Waals surface area contributed by atoms with Gasteiger partial charge in [-0.1, -0.05) is 25.1 Å². The van der Waals surface area contributed by atoms with Gasteiger partial charge in [0.05, 0.1) is 0 Å². The second kappa shape index (κ2) is 7.64. The minimum atomic E-state index is 0.0485. The van der Waals surface area contributed by atoms with Crippen LogP contribution in [0.15, 0.2) is 53.5 Å². The highest BCUT2D eigenvalue weighted by Crippen LogP contribution is 2.15. The predicted molar refractivity (Wildman–Crippen MR) is 87.5 cm³/mol. The molecule has 0 spiro atoms. The summed E-state index contributed by atoms with van der Waals surface area (Å²) >= 11 is 0. The molecule has 1 aromatic heterocycles. The van der Waals surface area contributed by atoms with Gasteiger partial charge in [-0.2, -0.15) is 0 Å². The highest BCUT2D eigenvalue weighted by molar-refractivity contribution is 5.47. The average molecular weight is 285 g/mol. The van der Waals surface area contributed by atoms with E-state index in [1.165, 1.54) is 5.69 Å². The molecular weight excluding hydrogens is 262 g/mol. The highest BCUT2D eigenvalue weighted by Gasteiger charge is 2.06. The monoisotopic (exact) mass is 285 g/mol. The summed E-state index contributed by atoms with van der Waals surface area (Å²) in [6.07, 6.45) is 2.91. The molecule has 0 unspecified atom stereocenters. The van der Waals surface area contributed by atoms with Gasteiger partial charge >= 0.3 is 0 Å². The van der Waals surface area contributed by atoms with Crippen LogP contribution < -0.4 is 16.2 Å². The first kappa shape index (κ1) is 15.3. The summed E-state index contributed by atoms with van der Waals surface area (Å²) < 4.78 is 1.75. The average Bonchev–Trinajstić information content (AvgIpc) is 2.53. The third-order valence-corrected chi connectivity index (χ3v) is 3.54. The molecule has 0 radical (unpaired) electrons. The third-order valence-electron chi connectivity index (χ3n) is 3.54. The van der Waals surface area contributed by atoms with Gasteiger partial charge in [-0.3, -0.25) is 4.79 Å². The lowest BCUT2D eigenvalue weighted by Crippen LogP contribution is -2.31. The second-order valence-corrected chi connectivity index (χ2v) is 5.09. The normalized spacial score (nSPS) is 10.6. The van der Waals surface area contributed by atoms with Crippen LogP contribution in [0.5, 0.6) is 0 Å². The van der Waals surface area contributed by atoms with E-state index in [-0.39, 0.29) is 5.56 Å². The largest absolute Gasteiger partial charge is 0.370 e. The molecule has 2 N–H and O–H groups in total. The lowest BCUT2D eigenvalue weighted by Gasteiger charge is -2.25. The van der Waals surface area contributed by atoms with Gasteiger partial charge in [-0.05, 0) is 30.2 Å². The zero-order chi connectivity index (χ0) is 15.1. The zero-order valence-corrected chi connectivity index (χ0v) is 12.5. The van der Waals surface area contributed by atoms with E-state index < -0.39 is 0 Å². The summed E-state index contributed by atoms with van der Waals surface area (Å²) in [5.41, 5.74) is 8.00. The van der Waals surface area contributed by atoms with Crippen molar-refractivity contribution in [1.82, 2.24) is 4.57 Å². The number of anilines is 1. The first-order chi connectivity index (χ1) is 10.2. The van der Waals surface area contributed by atoms with E-state index in [4.69, 9.17) is 5.73 Å². The van der Waals surface area contributed by atoms with E-state index >= 15 is 0 Å². The van der Waals surface area contributed by atoms with Crippen LogP contribution >= 0.6 is 0 Å². The molecule has 2 rings (SSSR count). The van der Waals surface area contributed by atoms with Crippen molar-refractivity contribution in [1.29, 1.82) is 0 Å². The molecule has 0 saturated carbocycles. The summed E-state index contributed by atoms with van der Waals surface area (Å²) in [6.45, 7) is 5.21. The molecule has 0 atom stereocenters. The maximum absolute atomic E-state index is 11.7. The SMILES string of the molecule is CCCN(CCn1ccccc1=O)c1ccc(CN)cc1. The van der Waals surface area contributed by atoms with E-state index in [1.807, 2.05) is 12.3 Å². The predicted octanol–water partition coefficient (Wildman–Crippen LogP) is 2.22. The summed E-state index contributed by atoms with van der Waals surface area (Å²) in [5.74, 6) is 0. The van der Waals surface area contributed by atoms with Gasteiger partial charge in [0.15, 0.2) is 0 Å². The van der Waals surface area contributed by atoms with E-state index in [1.54, 1.807) is 16.7 Å². The molecule has 1 heterocycles. The molecule has 4 nitrogen and oxygen atoms in total. The molecule has 0 bridgehead atoms. The molecule has 4 heteroatoms. The number of aromatic nitrogens is 1. The molecule has 1 aromatic carbocycles. The van der Waals surface area contributed by atoms with Gasteiger partial charge in [-0.25, -0.2) is 0 Å². The Morgan fingerprint density at radius 1 is 1.10 bits per heavy atom. The lowest BCUT2D eigenvalue weighted by molar-refractivity contribution is 0.632. The quantitative estimate of drug-likeness (QED) is 0.848. The van der Waals surface area contributed by atoms with Crippen LogP contribution in [0.25, 0.3) is 0 Å². The van der Waals surface area contributed by atoms with Crippen LogP contribution in [0.2, 0.25) is 0 Å². The van der Waals surface area contributed by atoms with E-state index in [0.717, 1.165) is 25.1 Å². The Kier molecular flexibility index (Phi) is 5.58. The molecule has 0 aliphatic carbocycles. The Morgan fingerprint density at radius 3 is 2.48 bits per heavy atom. The molecule has 21 heavy (non-hydrogen) atoms. The molecule has 112 valence electrons. The van der Waals surface area contributed by atoms with Crippen molar-refractivity contribution in [3.05, 3.63) is 64.6 Å². The van der Waals surface area contributed by atoms with Gasteiger partial charge in [0.1, 0.15) is 0 Å². The molecular formula is C17H23N3O.